The second-order valence-corrected chi connectivity index (χ2v) is 7.23. The number of amides is 1. The number of carbonyl (C=O) groups excluding carboxylic acids is 1. The van der Waals surface area contributed by atoms with Gasteiger partial charge in [0, 0.05) is 0 Å². The normalized spacial score (nSPS) is 11.2. The Balaban J connectivity index is 1.86. The molecule has 9 nitrogen and oxygen atoms in total. The molecule has 176 valence electrons. The summed E-state index contributed by atoms with van der Waals surface area (Å²) in [6.07, 6.45) is 0. The van der Waals surface area contributed by atoms with E-state index in [1.54, 1.807) is 0 Å². The van der Waals surface area contributed by atoms with Gasteiger partial charge in [0.1, 0.15) is 17.9 Å². The van der Waals surface area contributed by atoms with Gasteiger partial charge in [-0.25, -0.2) is 22.0 Å². The van der Waals surface area contributed by atoms with Gasteiger partial charge in [-0.1, -0.05) is 0 Å². The van der Waals surface area contributed by atoms with Crippen molar-refractivity contribution in [3.8, 4) is 0 Å². The number of nitro groups is 1. The van der Waals surface area contributed by atoms with Crippen LogP contribution in [0.15, 0.2) is 0 Å². The third-order valence-electron chi connectivity index (χ3n) is 5.07. The Labute approximate surface area is 183 Å². The van der Waals surface area contributed by atoms with Crippen LogP contribution < -0.4 is 5.32 Å². The van der Waals surface area contributed by atoms with Crippen molar-refractivity contribution in [2.75, 3.05) is 5.32 Å². The molecule has 33 heavy (non-hydrogen) atoms. The molecule has 0 saturated heterocycles. The lowest BCUT2D eigenvalue weighted by Crippen LogP contribution is -2.21. The Kier molecular flexibility index (Phi) is 6.20. The predicted octanol–water partition coefficient (Wildman–Crippen LogP) is 3.60. The molecule has 0 aliphatic rings. The van der Waals surface area contributed by atoms with Gasteiger partial charge in [-0.15, -0.1) is 0 Å². The molecular weight excluding hydrogens is 455 g/mol. The molecule has 1 aromatic carbocycles. The summed E-state index contributed by atoms with van der Waals surface area (Å²) in [6.45, 7) is 4.60. The van der Waals surface area contributed by atoms with E-state index in [0.29, 0.717) is 0 Å². The molecule has 0 spiro atoms. The quantitative estimate of drug-likeness (QED) is 0.194. The van der Waals surface area contributed by atoms with Crippen LogP contribution in [0.2, 0.25) is 0 Å². The largest absolute Gasteiger partial charge is 0.321 e. The second-order valence-electron chi connectivity index (χ2n) is 7.23. The van der Waals surface area contributed by atoms with Crippen molar-refractivity contribution in [3.63, 3.8) is 0 Å². The van der Waals surface area contributed by atoms with Gasteiger partial charge >= 0.3 is 5.69 Å². The van der Waals surface area contributed by atoms with Crippen molar-refractivity contribution in [2.45, 2.75) is 40.8 Å². The zero-order chi connectivity index (χ0) is 24.8. The molecule has 1 N–H and O–H groups in total. The lowest BCUT2D eigenvalue weighted by atomic mass is 10.1. The van der Waals surface area contributed by atoms with E-state index >= 15 is 0 Å². The monoisotopic (exact) mass is 472 g/mol. The fourth-order valence-corrected chi connectivity index (χ4v) is 3.39. The molecule has 1 amide bonds. The van der Waals surface area contributed by atoms with Crippen LogP contribution in [-0.2, 0) is 17.9 Å². The van der Waals surface area contributed by atoms with Crippen LogP contribution in [0.5, 0.6) is 0 Å². The zero-order valence-electron chi connectivity index (χ0n) is 17.8. The number of nitrogens with zero attached hydrogens (tertiary/aromatic N) is 5. The minimum atomic E-state index is -2.26. The zero-order valence-corrected chi connectivity index (χ0v) is 17.8. The summed E-state index contributed by atoms with van der Waals surface area (Å²) >= 11 is 0. The Morgan fingerprint density at radius 1 is 0.879 bits per heavy atom. The fraction of sp³-hybridized carbons (Fsp3) is 0.316. The van der Waals surface area contributed by atoms with Crippen molar-refractivity contribution in [3.05, 3.63) is 67.5 Å². The van der Waals surface area contributed by atoms with Crippen LogP contribution in [0.1, 0.15) is 28.3 Å². The Morgan fingerprint density at radius 3 is 1.91 bits per heavy atom. The van der Waals surface area contributed by atoms with Crippen LogP contribution in [0, 0.1) is 66.9 Å². The minimum Gasteiger partial charge on any atom is -0.321 e. The topological polar surface area (TPSA) is 108 Å². The molecule has 0 saturated carbocycles. The summed E-state index contributed by atoms with van der Waals surface area (Å²) < 4.78 is 70.4. The van der Waals surface area contributed by atoms with E-state index in [2.05, 4.69) is 15.5 Å². The van der Waals surface area contributed by atoms with Crippen LogP contribution >= 0.6 is 0 Å². The molecule has 3 aromatic rings. The average molecular weight is 472 g/mol. The first-order valence-corrected chi connectivity index (χ1v) is 9.37. The number of nitrogens with one attached hydrogen (secondary N) is 1. The lowest BCUT2D eigenvalue weighted by molar-refractivity contribution is -0.386. The molecule has 2 aromatic heterocycles. The summed E-state index contributed by atoms with van der Waals surface area (Å²) in [5.74, 6) is -11.0. The number of anilines is 1. The molecule has 0 fully saturated rings. The van der Waals surface area contributed by atoms with E-state index in [9.17, 15) is 36.9 Å². The summed E-state index contributed by atoms with van der Waals surface area (Å²) in [5.41, 5.74) is -0.444. The number of carbonyl (C=O) groups is 1. The number of rotatable bonds is 6. The van der Waals surface area contributed by atoms with Gasteiger partial charge in [0.25, 0.3) is 0 Å². The third kappa shape index (κ3) is 4.15. The van der Waals surface area contributed by atoms with Gasteiger partial charge in [0.15, 0.2) is 23.3 Å². The Morgan fingerprint density at radius 2 is 1.39 bits per heavy atom. The smallest absolute Gasteiger partial charge is 0.312 e. The van der Waals surface area contributed by atoms with Gasteiger partial charge in [0.05, 0.1) is 34.1 Å². The highest BCUT2D eigenvalue weighted by atomic mass is 19.2. The van der Waals surface area contributed by atoms with Gasteiger partial charge < -0.3 is 5.32 Å². The Hall–Kier alpha value is -3.84. The first-order chi connectivity index (χ1) is 15.3. The number of benzene rings is 1. The molecule has 3 rings (SSSR count). The molecule has 0 radical (unpaired) electrons. The highest BCUT2D eigenvalue weighted by Gasteiger charge is 2.27. The van der Waals surface area contributed by atoms with Gasteiger partial charge in [0.2, 0.25) is 11.7 Å². The highest BCUT2D eigenvalue weighted by molar-refractivity contribution is 5.91. The van der Waals surface area contributed by atoms with Gasteiger partial charge in [-0.2, -0.15) is 10.2 Å². The lowest BCUT2D eigenvalue weighted by Gasteiger charge is -2.10. The summed E-state index contributed by atoms with van der Waals surface area (Å²) in [7, 11) is 0. The van der Waals surface area contributed by atoms with E-state index in [-0.39, 0.29) is 40.7 Å². The molecule has 0 unspecified atom stereocenters. The summed E-state index contributed by atoms with van der Waals surface area (Å²) in [6, 6.07) is 0. The maximum absolute atomic E-state index is 14.0. The van der Waals surface area contributed by atoms with Crippen LogP contribution in [0.4, 0.5) is 33.3 Å². The van der Waals surface area contributed by atoms with Crippen molar-refractivity contribution in [1.29, 1.82) is 0 Å². The number of aryl methyl sites for hydroxylation is 2. The van der Waals surface area contributed by atoms with Crippen LogP contribution in [0.3, 0.4) is 0 Å². The number of hydrogen-bond donors (Lipinski definition) is 1. The SMILES string of the molecule is Cc1nn(Cc2c(F)c(F)c(F)c(F)c2F)c(C)c1NC(=O)Cn1nc(C)c([N+](=O)[O-])c1C. The van der Waals surface area contributed by atoms with E-state index < -0.39 is 52.0 Å². The highest BCUT2D eigenvalue weighted by Crippen LogP contribution is 2.27. The molecule has 0 bridgehead atoms. The van der Waals surface area contributed by atoms with Crippen LogP contribution in [0.25, 0.3) is 0 Å². The third-order valence-corrected chi connectivity index (χ3v) is 5.07. The van der Waals surface area contributed by atoms with E-state index in [1.807, 2.05) is 0 Å². The maximum atomic E-state index is 14.0. The first-order valence-electron chi connectivity index (χ1n) is 9.37. The van der Waals surface area contributed by atoms with Crippen LogP contribution in [-0.4, -0.2) is 30.4 Å². The first kappa shape index (κ1) is 23.8. The van der Waals surface area contributed by atoms with E-state index in [0.717, 1.165) is 9.36 Å². The molecule has 0 atom stereocenters. The molecule has 0 aliphatic heterocycles. The second kappa shape index (κ2) is 8.60. The van der Waals surface area contributed by atoms with Gasteiger partial charge in [-0.05, 0) is 27.7 Å². The minimum absolute atomic E-state index is 0.133. The molecule has 0 aliphatic carbocycles. The average Bonchev–Trinajstić information content (AvgIpc) is 3.17. The van der Waals surface area contributed by atoms with Crippen molar-refractivity contribution in [2.24, 2.45) is 0 Å². The molecule has 14 heteroatoms. The number of halogens is 5. The maximum Gasteiger partial charge on any atom is 0.312 e. The van der Waals surface area contributed by atoms with Crippen molar-refractivity contribution >= 4 is 17.3 Å². The Bertz CT molecular complexity index is 1270. The predicted molar refractivity (Wildman–Crippen MR) is 104 cm³/mol. The van der Waals surface area contributed by atoms with Crippen molar-refractivity contribution < 1.29 is 31.7 Å². The van der Waals surface area contributed by atoms with Gasteiger partial charge in [-0.3, -0.25) is 24.3 Å². The van der Waals surface area contributed by atoms with E-state index in [4.69, 9.17) is 0 Å². The summed E-state index contributed by atoms with van der Waals surface area (Å²) in [5, 5.41) is 21.6. The molecular formula is C19H17F5N6O3. The fourth-order valence-electron chi connectivity index (χ4n) is 3.39. The standard InChI is InChI=1S/C19H17F5N6O3/c1-7-18(25-12(31)6-29-10(4)19(30(32)33)8(2)27-29)9(3)28(26-7)5-11-13(20)15(22)17(24)16(23)14(11)21/h5-6H2,1-4H3,(H,25,31). The summed E-state index contributed by atoms with van der Waals surface area (Å²) in [4.78, 5) is 23.0. The van der Waals surface area contributed by atoms with Crippen molar-refractivity contribution in [1.82, 2.24) is 19.6 Å². The molecule has 2 heterocycles. The number of aromatic nitrogens is 4. The van der Waals surface area contributed by atoms with E-state index in [1.165, 1.54) is 27.7 Å². The number of hydrogen-bond acceptors (Lipinski definition) is 5.